The molecule has 3 rings (SSSR count). The highest BCUT2D eigenvalue weighted by Gasteiger charge is 2.16. The highest BCUT2D eigenvalue weighted by Crippen LogP contribution is 2.24. The van der Waals surface area contributed by atoms with Crippen LogP contribution in [0.2, 0.25) is 0 Å². The Morgan fingerprint density at radius 1 is 1.14 bits per heavy atom. The van der Waals surface area contributed by atoms with E-state index in [1.165, 1.54) is 6.20 Å². The number of benzene rings is 1. The number of hydrogen-bond acceptors (Lipinski definition) is 8. The molecule has 2 unspecified atom stereocenters. The number of nitrogens with two attached hydrogens (primary N) is 2. The van der Waals surface area contributed by atoms with Gasteiger partial charge in [0.05, 0.1) is 0 Å². The molecule has 0 saturated heterocycles. The van der Waals surface area contributed by atoms with Crippen molar-refractivity contribution in [1.29, 1.82) is 0 Å². The third-order valence-electron chi connectivity index (χ3n) is 4.59. The van der Waals surface area contributed by atoms with Crippen molar-refractivity contribution in [3.63, 3.8) is 0 Å². The Morgan fingerprint density at radius 2 is 1.90 bits per heavy atom. The first kappa shape index (κ1) is 20.2. The van der Waals surface area contributed by atoms with Crippen LogP contribution in [0, 0.1) is 5.92 Å². The molecule has 29 heavy (non-hydrogen) atoms. The van der Waals surface area contributed by atoms with Crippen LogP contribution in [0.1, 0.15) is 24.2 Å². The second kappa shape index (κ2) is 9.07. The van der Waals surface area contributed by atoms with Crippen LogP contribution in [0.15, 0.2) is 48.9 Å². The summed E-state index contributed by atoms with van der Waals surface area (Å²) >= 11 is 0. The second-order valence-corrected chi connectivity index (χ2v) is 6.74. The number of carbonyl (C=O) groups excluding carboxylic acids is 1. The van der Waals surface area contributed by atoms with E-state index in [4.69, 9.17) is 11.5 Å². The molecule has 6 N–H and O–H groups in total. The van der Waals surface area contributed by atoms with Gasteiger partial charge in [0.25, 0.3) is 5.91 Å². The third-order valence-corrected chi connectivity index (χ3v) is 4.59. The number of aromatic nitrogens is 4. The van der Waals surface area contributed by atoms with E-state index >= 15 is 0 Å². The lowest BCUT2D eigenvalue weighted by Crippen LogP contribution is -2.30. The summed E-state index contributed by atoms with van der Waals surface area (Å²) in [6.45, 7) is 4.57. The van der Waals surface area contributed by atoms with Crippen LogP contribution in [0.5, 0.6) is 0 Å². The summed E-state index contributed by atoms with van der Waals surface area (Å²) in [5.41, 5.74) is 12.9. The molecular weight excluding hydrogens is 368 g/mol. The summed E-state index contributed by atoms with van der Waals surface area (Å²) in [4.78, 5) is 29.0. The van der Waals surface area contributed by atoms with Crippen LogP contribution < -0.4 is 22.1 Å². The van der Waals surface area contributed by atoms with Gasteiger partial charge in [-0.25, -0.2) is 15.0 Å². The van der Waals surface area contributed by atoms with Gasteiger partial charge in [0.15, 0.2) is 5.82 Å². The SMILES string of the molecule is CC(CN)C(C)Nc1ncc(C(N)=O)c(Nc2cccc(-c3ncccn3)c2)n1. The molecule has 0 spiro atoms. The van der Waals surface area contributed by atoms with Crippen molar-refractivity contribution in [2.75, 3.05) is 17.2 Å². The molecule has 0 saturated carbocycles. The van der Waals surface area contributed by atoms with E-state index in [-0.39, 0.29) is 17.5 Å². The van der Waals surface area contributed by atoms with Gasteiger partial charge in [0.1, 0.15) is 11.4 Å². The zero-order chi connectivity index (χ0) is 20.8. The van der Waals surface area contributed by atoms with Crippen molar-refractivity contribution >= 4 is 23.4 Å². The number of hydrogen-bond donors (Lipinski definition) is 4. The molecule has 2 heterocycles. The quantitative estimate of drug-likeness (QED) is 0.456. The van der Waals surface area contributed by atoms with Gasteiger partial charge in [-0.15, -0.1) is 0 Å². The average molecular weight is 392 g/mol. The van der Waals surface area contributed by atoms with Crippen LogP contribution in [0.3, 0.4) is 0 Å². The Bertz CT molecular complexity index is 979. The van der Waals surface area contributed by atoms with Crippen molar-refractivity contribution in [2.45, 2.75) is 19.9 Å². The van der Waals surface area contributed by atoms with Crippen molar-refractivity contribution in [1.82, 2.24) is 19.9 Å². The monoisotopic (exact) mass is 392 g/mol. The Hall–Kier alpha value is -3.59. The summed E-state index contributed by atoms with van der Waals surface area (Å²) < 4.78 is 0. The molecule has 0 fully saturated rings. The normalized spacial score (nSPS) is 12.8. The lowest BCUT2D eigenvalue weighted by molar-refractivity contribution is 0.100. The maximum Gasteiger partial charge on any atom is 0.254 e. The summed E-state index contributed by atoms with van der Waals surface area (Å²) in [6.07, 6.45) is 4.77. The van der Waals surface area contributed by atoms with Gasteiger partial charge in [-0.3, -0.25) is 4.79 Å². The number of anilines is 3. The minimum absolute atomic E-state index is 0.0610. The minimum Gasteiger partial charge on any atom is -0.365 e. The number of nitrogens with one attached hydrogen (secondary N) is 2. The van der Waals surface area contributed by atoms with Gasteiger partial charge in [-0.05, 0) is 37.6 Å². The van der Waals surface area contributed by atoms with Gasteiger partial charge >= 0.3 is 0 Å². The van der Waals surface area contributed by atoms with E-state index in [2.05, 4.69) is 30.6 Å². The molecule has 1 aromatic carbocycles. The highest BCUT2D eigenvalue weighted by atomic mass is 16.1. The van der Waals surface area contributed by atoms with Gasteiger partial charge < -0.3 is 22.1 Å². The van der Waals surface area contributed by atoms with E-state index in [9.17, 15) is 4.79 Å². The predicted octanol–water partition coefficient (Wildman–Crippen LogP) is 2.17. The molecule has 9 heteroatoms. The summed E-state index contributed by atoms with van der Waals surface area (Å²) in [7, 11) is 0. The van der Waals surface area contributed by atoms with Crippen LogP contribution in [-0.2, 0) is 0 Å². The fourth-order valence-electron chi connectivity index (χ4n) is 2.60. The minimum atomic E-state index is -0.620. The first-order valence-corrected chi connectivity index (χ1v) is 9.26. The zero-order valence-corrected chi connectivity index (χ0v) is 16.3. The zero-order valence-electron chi connectivity index (χ0n) is 16.3. The lowest BCUT2D eigenvalue weighted by atomic mass is 10.0. The smallest absolute Gasteiger partial charge is 0.254 e. The van der Waals surface area contributed by atoms with Crippen molar-refractivity contribution in [2.24, 2.45) is 17.4 Å². The maximum absolute atomic E-state index is 11.8. The Kier molecular flexibility index (Phi) is 6.30. The fourth-order valence-corrected chi connectivity index (χ4v) is 2.60. The molecule has 9 nitrogen and oxygen atoms in total. The van der Waals surface area contributed by atoms with Crippen LogP contribution >= 0.6 is 0 Å². The molecule has 150 valence electrons. The van der Waals surface area contributed by atoms with Crippen LogP contribution in [0.4, 0.5) is 17.5 Å². The first-order chi connectivity index (χ1) is 14.0. The molecule has 1 amide bonds. The Morgan fingerprint density at radius 3 is 2.59 bits per heavy atom. The largest absolute Gasteiger partial charge is 0.365 e. The Balaban J connectivity index is 1.89. The van der Waals surface area contributed by atoms with Gasteiger partial charge in [0.2, 0.25) is 5.95 Å². The third kappa shape index (κ3) is 5.02. The number of primary amides is 1. The molecule has 0 aliphatic heterocycles. The van der Waals surface area contributed by atoms with Crippen molar-refractivity contribution in [3.05, 3.63) is 54.5 Å². The number of carbonyl (C=O) groups is 1. The van der Waals surface area contributed by atoms with E-state index in [0.717, 1.165) is 5.56 Å². The van der Waals surface area contributed by atoms with E-state index in [1.54, 1.807) is 18.5 Å². The molecular formula is C20H24N8O. The van der Waals surface area contributed by atoms with Gasteiger partial charge in [0, 0.05) is 35.9 Å². The second-order valence-electron chi connectivity index (χ2n) is 6.74. The maximum atomic E-state index is 11.8. The Labute approximate surface area is 169 Å². The predicted molar refractivity (Wildman–Crippen MR) is 113 cm³/mol. The standard InChI is InChI=1S/C20H24N8O/c1-12(10-21)13(2)26-20-25-11-16(17(22)29)19(28-20)27-15-6-3-5-14(9-15)18-23-7-4-8-24-18/h3-9,11-13H,10,21H2,1-2H3,(H2,22,29)(H2,25,26,27,28). The summed E-state index contributed by atoms with van der Waals surface area (Å²) in [6, 6.07) is 9.31. The molecule has 0 bridgehead atoms. The molecule has 0 aliphatic rings. The van der Waals surface area contributed by atoms with Crippen molar-refractivity contribution < 1.29 is 4.79 Å². The average Bonchev–Trinajstić information content (AvgIpc) is 2.74. The van der Waals surface area contributed by atoms with E-state index in [0.29, 0.717) is 29.8 Å². The molecule has 2 atom stereocenters. The van der Waals surface area contributed by atoms with Crippen LogP contribution in [-0.4, -0.2) is 38.4 Å². The molecule has 0 radical (unpaired) electrons. The fraction of sp³-hybridized carbons (Fsp3) is 0.250. The molecule has 3 aromatic rings. The molecule has 2 aromatic heterocycles. The first-order valence-electron chi connectivity index (χ1n) is 9.26. The van der Waals surface area contributed by atoms with E-state index in [1.807, 2.05) is 38.1 Å². The summed E-state index contributed by atoms with van der Waals surface area (Å²) in [5.74, 6) is 0.904. The lowest BCUT2D eigenvalue weighted by Gasteiger charge is -2.20. The van der Waals surface area contributed by atoms with E-state index < -0.39 is 5.91 Å². The summed E-state index contributed by atoms with van der Waals surface area (Å²) in [5, 5.41) is 6.36. The molecule has 0 aliphatic carbocycles. The van der Waals surface area contributed by atoms with Crippen LogP contribution in [0.25, 0.3) is 11.4 Å². The number of nitrogens with zero attached hydrogens (tertiary/aromatic N) is 4. The topological polar surface area (TPSA) is 145 Å². The van der Waals surface area contributed by atoms with Gasteiger partial charge in [-0.1, -0.05) is 19.1 Å². The number of amides is 1. The van der Waals surface area contributed by atoms with Gasteiger partial charge in [-0.2, -0.15) is 4.98 Å². The number of rotatable bonds is 8. The van der Waals surface area contributed by atoms with Crippen molar-refractivity contribution in [3.8, 4) is 11.4 Å². The highest BCUT2D eigenvalue weighted by molar-refractivity contribution is 5.98.